The van der Waals surface area contributed by atoms with Crippen LogP contribution in [0.2, 0.25) is 0 Å². The maximum absolute atomic E-state index is 12.6. The van der Waals surface area contributed by atoms with Gasteiger partial charge in [0.1, 0.15) is 17.9 Å². The van der Waals surface area contributed by atoms with Crippen molar-refractivity contribution in [1.29, 1.82) is 0 Å². The topological polar surface area (TPSA) is 95.9 Å². The zero-order chi connectivity index (χ0) is 22.5. The fraction of sp³-hybridized carbons (Fsp3) is 0.0909. The molecule has 2 aromatic rings. The maximum Gasteiger partial charge on any atom is 0.335 e. The van der Waals surface area contributed by atoms with Crippen LogP contribution in [0.4, 0.5) is 0 Å². The molecule has 0 radical (unpaired) electrons. The lowest BCUT2D eigenvalue weighted by Gasteiger charge is -2.27. The highest BCUT2D eigenvalue weighted by Gasteiger charge is 2.32. The van der Waals surface area contributed by atoms with E-state index >= 15 is 0 Å². The van der Waals surface area contributed by atoms with Crippen molar-refractivity contribution in [1.82, 2.24) is 10.2 Å². The van der Waals surface area contributed by atoms with Gasteiger partial charge in [-0.15, -0.1) is 6.58 Å². The van der Waals surface area contributed by atoms with E-state index in [1.165, 1.54) is 23.1 Å². The van der Waals surface area contributed by atoms with Gasteiger partial charge >= 0.3 is 5.97 Å². The van der Waals surface area contributed by atoms with Crippen molar-refractivity contribution in [3.8, 4) is 5.75 Å². The number of benzene rings is 2. The predicted molar refractivity (Wildman–Crippen MR) is 123 cm³/mol. The molecular weight excluding hydrogens is 484 g/mol. The molecule has 0 atom stereocenters. The molecule has 1 aliphatic rings. The second-order valence-corrected chi connectivity index (χ2v) is 7.75. The van der Waals surface area contributed by atoms with E-state index < -0.39 is 17.8 Å². The Labute approximate surface area is 192 Å². The van der Waals surface area contributed by atoms with E-state index in [2.05, 4.69) is 27.8 Å². The summed E-state index contributed by atoms with van der Waals surface area (Å²) < 4.78 is 6.37. The summed E-state index contributed by atoms with van der Waals surface area (Å²) in [6, 6.07) is 11.6. The molecule has 0 bridgehead atoms. The third-order valence-corrected chi connectivity index (χ3v) is 5.27. The molecule has 0 aliphatic carbocycles. The van der Waals surface area contributed by atoms with Crippen molar-refractivity contribution < 1.29 is 24.2 Å². The van der Waals surface area contributed by atoms with Crippen LogP contribution < -0.4 is 10.1 Å². The van der Waals surface area contributed by atoms with Gasteiger partial charge in [0.15, 0.2) is 5.11 Å². The average Bonchev–Trinajstić information content (AvgIpc) is 2.73. The van der Waals surface area contributed by atoms with Crippen molar-refractivity contribution in [3.05, 3.63) is 81.9 Å². The van der Waals surface area contributed by atoms with Gasteiger partial charge in [-0.3, -0.25) is 19.8 Å². The Hall–Kier alpha value is -3.30. The zero-order valence-corrected chi connectivity index (χ0v) is 18.5. The van der Waals surface area contributed by atoms with Gasteiger partial charge in [-0.05, 0) is 69.6 Å². The summed E-state index contributed by atoms with van der Waals surface area (Å²) >= 11 is 8.46. The molecule has 7 nitrogen and oxygen atoms in total. The number of nitrogens with zero attached hydrogens (tertiary/aromatic N) is 1. The van der Waals surface area contributed by atoms with E-state index in [0.717, 1.165) is 0 Å². The summed E-state index contributed by atoms with van der Waals surface area (Å²) in [5, 5.41) is 11.6. The zero-order valence-electron chi connectivity index (χ0n) is 16.1. The molecule has 0 spiro atoms. The van der Waals surface area contributed by atoms with Gasteiger partial charge in [0.05, 0.1) is 10.0 Å². The lowest BCUT2D eigenvalue weighted by molar-refractivity contribution is -0.128. The number of carbonyl (C=O) groups excluding carboxylic acids is 2. The minimum absolute atomic E-state index is 0.0403. The van der Waals surface area contributed by atoms with Crippen molar-refractivity contribution in [2.24, 2.45) is 0 Å². The highest BCUT2D eigenvalue weighted by Crippen LogP contribution is 2.28. The van der Waals surface area contributed by atoms with E-state index in [0.29, 0.717) is 21.3 Å². The number of nitrogens with one attached hydrogen (secondary N) is 1. The minimum Gasteiger partial charge on any atom is -0.488 e. The van der Waals surface area contributed by atoms with Crippen LogP contribution in [0.5, 0.6) is 5.75 Å². The second kappa shape index (κ2) is 9.67. The smallest absolute Gasteiger partial charge is 0.335 e. The maximum atomic E-state index is 12.6. The number of rotatable bonds is 7. The Bertz CT molecular complexity index is 1130. The summed E-state index contributed by atoms with van der Waals surface area (Å²) in [5.74, 6) is -1.54. The van der Waals surface area contributed by atoms with Crippen molar-refractivity contribution >= 4 is 57.1 Å². The number of carboxylic acid groups (broad SMARTS) is 1. The van der Waals surface area contributed by atoms with Crippen LogP contribution in [-0.2, 0) is 16.2 Å². The molecule has 1 saturated heterocycles. The first-order valence-electron chi connectivity index (χ1n) is 9.04. The third kappa shape index (κ3) is 5.25. The number of hydrogen-bond acceptors (Lipinski definition) is 5. The van der Waals surface area contributed by atoms with Gasteiger partial charge < -0.3 is 9.84 Å². The SMILES string of the molecule is C=CCN1C(=O)/C(=C/c2ccc(OCc3cccc(C(=O)O)c3)c(Br)c2)C(=O)NC1=S. The van der Waals surface area contributed by atoms with Crippen LogP contribution in [-0.4, -0.2) is 39.4 Å². The van der Waals surface area contributed by atoms with Gasteiger partial charge in [-0.25, -0.2) is 4.79 Å². The van der Waals surface area contributed by atoms with E-state index in [1.54, 1.807) is 36.4 Å². The summed E-state index contributed by atoms with van der Waals surface area (Å²) in [6.07, 6.45) is 2.99. The molecule has 2 N–H and O–H groups in total. The molecule has 158 valence electrons. The summed E-state index contributed by atoms with van der Waals surface area (Å²) in [4.78, 5) is 37.2. The second-order valence-electron chi connectivity index (χ2n) is 6.51. The van der Waals surface area contributed by atoms with Gasteiger partial charge in [-0.2, -0.15) is 0 Å². The number of aromatic carboxylic acids is 1. The van der Waals surface area contributed by atoms with Crippen LogP contribution in [0.1, 0.15) is 21.5 Å². The summed E-state index contributed by atoms with van der Waals surface area (Å²) in [5.41, 5.74) is 1.46. The number of hydrogen-bond donors (Lipinski definition) is 2. The van der Waals surface area contributed by atoms with Gasteiger partial charge in [0.2, 0.25) is 0 Å². The van der Waals surface area contributed by atoms with Crippen LogP contribution in [0.3, 0.4) is 0 Å². The first kappa shape index (κ1) is 22.4. The monoisotopic (exact) mass is 500 g/mol. The standard InChI is InChI=1S/C22H17BrN2O5S/c1-2-8-25-20(27)16(19(26)24-22(25)31)10-13-6-7-18(17(23)11-13)30-12-14-4-3-5-15(9-14)21(28)29/h2-7,9-11H,1,8,12H2,(H,28,29)(H,24,26,31)/b16-10+. The van der Waals surface area contributed by atoms with Crippen molar-refractivity contribution in [3.63, 3.8) is 0 Å². The number of thiocarbonyl (C=S) groups is 1. The third-order valence-electron chi connectivity index (χ3n) is 4.33. The molecule has 1 aliphatic heterocycles. The molecule has 1 fully saturated rings. The number of ether oxygens (including phenoxy) is 1. The molecular formula is C22H17BrN2O5S. The van der Waals surface area contributed by atoms with Crippen LogP contribution in [0.25, 0.3) is 6.08 Å². The number of halogens is 1. The predicted octanol–water partition coefficient (Wildman–Crippen LogP) is 3.54. The van der Waals surface area contributed by atoms with Gasteiger partial charge in [0.25, 0.3) is 11.8 Å². The van der Waals surface area contributed by atoms with E-state index in [-0.39, 0.29) is 29.4 Å². The largest absolute Gasteiger partial charge is 0.488 e. The fourth-order valence-electron chi connectivity index (χ4n) is 2.83. The van der Waals surface area contributed by atoms with Gasteiger partial charge in [0, 0.05) is 6.54 Å². The molecule has 1 heterocycles. The summed E-state index contributed by atoms with van der Waals surface area (Å²) in [6.45, 7) is 3.96. The molecule has 0 unspecified atom stereocenters. The highest BCUT2D eigenvalue weighted by molar-refractivity contribution is 9.10. The molecule has 0 saturated carbocycles. The average molecular weight is 501 g/mol. The molecule has 2 aromatic carbocycles. The highest BCUT2D eigenvalue weighted by atomic mass is 79.9. The number of carbonyl (C=O) groups is 3. The quantitative estimate of drug-likeness (QED) is 0.261. The van der Waals surface area contributed by atoms with E-state index in [9.17, 15) is 14.4 Å². The Morgan fingerprint density at radius 1 is 1.26 bits per heavy atom. The molecule has 9 heteroatoms. The fourth-order valence-corrected chi connectivity index (χ4v) is 3.60. The molecule has 0 aromatic heterocycles. The Morgan fingerprint density at radius 2 is 2.03 bits per heavy atom. The molecule has 31 heavy (non-hydrogen) atoms. The Morgan fingerprint density at radius 3 is 2.71 bits per heavy atom. The van der Waals surface area contributed by atoms with Gasteiger partial charge in [-0.1, -0.05) is 24.3 Å². The van der Waals surface area contributed by atoms with E-state index in [1.807, 2.05) is 0 Å². The first-order chi connectivity index (χ1) is 14.8. The van der Waals surface area contributed by atoms with Crippen molar-refractivity contribution in [2.45, 2.75) is 6.61 Å². The minimum atomic E-state index is -1.01. The first-order valence-corrected chi connectivity index (χ1v) is 10.2. The normalized spacial score (nSPS) is 15.1. The number of carboxylic acids is 1. The van der Waals surface area contributed by atoms with Crippen LogP contribution in [0, 0.1) is 0 Å². The molecule has 2 amide bonds. The van der Waals surface area contributed by atoms with E-state index in [4.69, 9.17) is 22.1 Å². The number of amides is 2. The van der Waals surface area contributed by atoms with Crippen LogP contribution >= 0.6 is 28.1 Å². The molecule has 3 rings (SSSR count). The van der Waals surface area contributed by atoms with Crippen LogP contribution in [0.15, 0.2) is 65.2 Å². The Kier molecular flexibility index (Phi) is 6.98. The lowest BCUT2D eigenvalue weighted by atomic mass is 10.1. The summed E-state index contributed by atoms with van der Waals surface area (Å²) in [7, 11) is 0. The Balaban J connectivity index is 1.77. The van der Waals surface area contributed by atoms with Crippen molar-refractivity contribution in [2.75, 3.05) is 6.54 Å². The lowest BCUT2D eigenvalue weighted by Crippen LogP contribution is -2.53.